The normalized spacial score (nSPS) is 27.3. The lowest BCUT2D eigenvalue weighted by Crippen LogP contribution is -2.51. The van der Waals surface area contributed by atoms with E-state index in [1.54, 1.807) is 11.8 Å². The van der Waals surface area contributed by atoms with Gasteiger partial charge in [0.05, 0.1) is 18.8 Å². The second-order valence-electron chi connectivity index (χ2n) is 10.2. The second-order valence-corrected chi connectivity index (χ2v) is 10.2. The number of carbonyl (C=O) groups is 2. The molecule has 2 aliphatic heterocycles. The molecule has 5 atom stereocenters. The SMILES string of the molecule is C#CCO[C@H]1[C@H](C(C)(C)C)[C@@H](C(=O)OCC)N(C(=O)[C@@H]2CCCCO2)[C@H]1c1ccccc1CC. The maximum Gasteiger partial charge on any atom is 0.329 e. The summed E-state index contributed by atoms with van der Waals surface area (Å²) in [7, 11) is 0. The van der Waals surface area contributed by atoms with Crippen molar-refractivity contribution in [1.29, 1.82) is 0 Å². The van der Waals surface area contributed by atoms with E-state index in [1.807, 2.05) is 18.2 Å². The molecule has 34 heavy (non-hydrogen) atoms. The number of aryl methyl sites for hydroxylation is 1. The number of likely N-dealkylation sites (tertiary alicyclic amines) is 1. The minimum atomic E-state index is -0.796. The summed E-state index contributed by atoms with van der Waals surface area (Å²) in [6.45, 7) is 11.0. The van der Waals surface area contributed by atoms with Crippen molar-refractivity contribution in [3.05, 3.63) is 35.4 Å². The summed E-state index contributed by atoms with van der Waals surface area (Å²) in [6, 6.07) is 6.80. The van der Waals surface area contributed by atoms with Gasteiger partial charge in [0.1, 0.15) is 18.8 Å². The number of amides is 1. The standard InChI is InChI=1S/C28H39NO5/c1-7-17-34-25-22(28(4,5)6)24(27(31)32-9-3)29(26(30)21-16-12-13-18-33-21)23(25)20-15-11-10-14-19(20)8-2/h1,10-11,14-15,21-25H,8-9,12-13,16-18H2,2-6H3/t21-,22+,23-,24-,25-/m0/s1. The molecule has 2 fully saturated rings. The number of rotatable bonds is 7. The first-order valence-electron chi connectivity index (χ1n) is 12.5. The number of nitrogens with zero attached hydrogens (tertiary/aromatic N) is 1. The highest BCUT2D eigenvalue weighted by Gasteiger charge is 2.60. The summed E-state index contributed by atoms with van der Waals surface area (Å²) in [5.41, 5.74) is 1.73. The van der Waals surface area contributed by atoms with E-state index in [0.29, 0.717) is 13.0 Å². The van der Waals surface area contributed by atoms with E-state index in [0.717, 1.165) is 30.4 Å². The lowest BCUT2D eigenvalue weighted by molar-refractivity contribution is -0.162. The highest BCUT2D eigenvalue weighted by molar-refractivity contribution is 5.89. The van der Waals surface area contributed by atoms with Crippen LogP contribution in [0.2, 0.25) is 0 Å². The maximum absolute atomic E-state index is 14.1. The summed E-state index contributed by atoms with van der Waals surface area (Å²) < 4.78 is 17.8. The van der Waals surface area contributed by atoms with Crippen molar-refractivity contribution in [2.24, 2.45) is 11.3 Å². The van der Waals surface area contributed by atoms with E-state index in [1.165, 1.54) is 0 Å². The van der Waals surface area contributed by atoms with Gasteiger partial charge in [-0.25, -0.2) is 4.79 Å². The number of terminal acetylenes is 1. The van der Waals surface area contributed by atoms with Gasteiger partial charge >= 0.3 is 5.97 Å². The molecule has 0 aromatic heterocycles. The Kier molecular flexibility index (Phi) is 8.78. The molecule has 0 aliphatic carbocycles. The molecule has 186 valence electrons. The van der Waals surface area contributed by atoms with Crippen LogP contribution in [0.15, 0.2) is 24.3 Å². The predicted octanol–water partition coefficient (Wildman–Crippen LogP) is 4.31. The summed E-state index contributed by atoms with van der Waals surface area (Å²) in [5.74, 6) is 1.68. The van der Waals surface area contributed by atoms with Crippen LogP contribution in [0, 0.1) is 23.7 Å². The topological polar surface area (TPSA) is 65.1 Å². The molecule has 0 unspecified atom stereocenters. The summed E-state index contributed by atoms with van der Waals surface area (Å²) in [4.78, 5) is 29.3. The number of hydrogen-bond donors (Lipinski definition) is 0. The number of carbonyl (C=O) groups excluding carboxylic acids is 2. The fraction of sp³-hybridized carbons (Fsp3) is 0.643. The van der Waals surface area contributed by atoms with Crippen molar-refractivity contribution in [2.45, 2.75) is 84.6 Å². The molecule has 1 aromatic rings. The Hall–Kier alpha value is -2.36. The molecule has 2 heterocycles. The van der Waals surface area contributed by atoms with Crippen LogP contribution < -0.4 is 0 Å². The number of benzene rings is 1. The molecule has 0 saturated carbocycles. The molecule has 0 bridgehead atoms. The first-order chi connectivity index (χ1) is 16.3. The quantitative estimate of drug-likeness (QED) is 0.440. The molecule has 6 nitrogen and oxygen atoms in total. The minimum Gasteiger partial charge on any atom is -0.464 e. The van der Waals surface area contributed by atoms with Gasteiger partial charge in [-0.2, -0.15) is 0 Å². The Morgan fingerprint density at radius 3 is 2.53 bits per heavy atom. The van der Waals surface area contributed by atoms with Crippen LogP contribution in [0.5, 0.6) is 0 Å². The smallest absolute Gasteiger partial charge is 0.329 e. The van der Waals surface area contributed by atoms with Crippen LogP contribution in [-0.4, -0.2) is 54.8 Å². The number of ether oxygens (including phenoxy) is 3. The summed E-state index contributed by atoms with van der Waals surface area (Å²) in [5, 5.41) is 0. The van der Waals surface area contributed by atoms with Crippen molar-refractivity contribution in [1.82, 2.24) is 4.90 Å². The number of hydrogen-bond acceptors (Lipinski definition) is 5. The third kappa shape index (κ3) is 5.31. The Bertz CT molecular complexity index is 893. The van der Waals surface area contributed by atoms with Gasteiger partial charge in [0, 0.05) is 12.5 Å². The molecule has 0 N–H and O–H groups in total. The van der Waals surface area contributed by atoms with Crippen molar-refractivity contribution >= 4 is 11.9 Å². The highest BCUT2D eigenvalue weighted by Crippen LogP contribution is 2.50. The first kappa shape index (κ1) is 26.2. The van der Waals surface area contributed by atoms with Gasteiger partial charge in [0.2, 0.25) is 0 Å². The van der Waals surface area contributed by atoms with Crippen LogP contribution >= 0.6 is 0 Å². The van der Waals surface area contributed by atoms with Gasteiger partial charge in [-0.1, -0.05) is 57.9 Å². The van der Waals surface area contributed by atoms with E-state index in [2.05, 4.69) is 39.7 Å². The average molecular weight is 470 g/mol. The number of esters is 1. The van der Waals surface area contributed by atoms with Crippen molar-refractivity contribution in [2.75, 3.05) is 19.8 Å². The fourth-order valence-corrected chi connectivity index (χ4v) is 5.52. The Balaban J connectivity index is 2.22. The monoisotopic (exact) mass is 469 g/mol. The molecule has 2 saturated heterocycles. The summed E-state index contributed by atoms with van der Waals surface area (Å²) in [6.07, 6.45) is 7.84. The zero-order valence-electron chi connectivity index (χ0n) is 21.2. The van der Waals surface area contributed by atoms with Gasteiger partial charge in [-0.05, 0) is 49.1 Å². The zero-order chi connectivity index (χ0) is 24.9. The largest absolute Gasteiger partial charge is 0.464 e. The maximum atomic E-state index is 14.1. The first-order valence-corrected chi connectivity index (χ1v) is 12.5. The molecule has 2 aliphatic rings. The van der Waals surface area contributed by atoms with E-state index in [-0.39, 0.29) is 30.5 Å². The Labute approximate surface area is 204 Å². The molecule has 1 aromatic carbocycles. The van der Waals surface area contributed by atoms with Gasteiger partial charge < -0.3 is 19.1 Å². The van der Waals surface area contributed by atoms with Crippen LogP contribution in [0.4, 0.5) is 0 Å². The van der Waals surface area contributed by atoms with E-state index in [4.69, 9.17) is 20.6 Å². The van der Waals surface area contributed by atoms with Crippen LogP contribution in [-0.2, 0) is 30.2 Å². The third-order valence-electron chi connectivity index (χ3n) is 6.96. The van der Waals surface area contributed by atoms with Gasteiger partial charge in [-0.15, -0.1) is 6.42 Å². The van der Waals surface area contributed by atoms with E-state index >= 15 is 0 Å². The Morgan fingerprint density at radius 1 is 1.21 bits per heavy atom. The minimum absolute atomic E-state index is 0.0968. The molecule has 6 heteroatoms. The Morgan fingerprint density at radius 2 is 1.94 bits per heavy atom. The highest BCUT2D eigenvalue weighted by atomic mass is 16.5. The molecule has 1 amide bonds. The lowest BCUT2D eigenvalue weighted by atomic mass is 9.73. The van der Waals surface area contributed by atoms with Gasteiger partial charge in [0.15, 0.2) is 0 Å². The van der Waals surface area contributed by atoms with E-state index in [9.17, 15) is 9.59 Å². The third-order valence-corrected chi connectivity index (χ3v) is 6.96. The molecular formula is C28H39NO5. The fourth-order valence-electron chi connectivity index (χ4n) is 5.52. The molecular weight excluding hydrogens is 430 g/mol. The van der Waals surface area contributed by atoms with Crippen LogP contribution in [0.25, 0.3) is 0 Å². The predicted molar refractivity (Wildman–Crippen MR) is 131 cm³/mol. The van der Waals surface area contributed by atoms with Crippen molar-refractivity contribution in [3.8, 4) is 12.3 Å². The lowest BCUT2D eigenvalue weighted by Gasteiger charge is -2.36. The second kappa shape index (κ2) is 11.4. The van der Waals surface area contributed by atoms with Crippen LogP contribution in [0.1, 0.15) is 71.0 Å². The van der Waals surface area contributed by atoms with Crippen molar-refractivity contribution in [3.63, 3.8) is 0 Å². The molecule has 0 spiro atoms. The summed E-state index contributed by atoms with van der Waals surface area (Å²) >= 11 is 0. The van der Waals surface area contributed by atoms with Crippen molar-refractivity contribution < 1.29 is 23.8 Å². The average Bonchev–Trinajstić information content (AvgIpc) is 3.18. The van der Waals surface area contributed by atoms with Gasteiger partial charge in [0.25, 0.3) is 5.91 Å². The van der Waals surface area contributed by atoms with Crippen LogP contribution in [0.3, 0.4) is 0 Å². The van der Waals surface area contributed by atoms with Gasteiger partial charge in [-0.3, -0.25) is 4.79 Å². The molecule has 3 rings (SSSR count). The van der Waals surface area contributed by atoms with E-state index < -0.39 is 30.3 Å². The zero-order valence-corrected chi connectivity index (χ0v) is 21.2. The molecule has 0 radical (unpaired) electrons.